The predicted octanol–water partition coefficient (Wildman–Crippen LogP) is 4.13. The van der Waals surface area contributed by atoms with Gasteiger partial charge < -0.3 is 14.6 Å². The molecule has 0 saturated carbocycles. The third kappa shape index (κ3) is 4.31. The van der Waals surface area contributed by atoms with E-state index in [2.05, 4.69) is 6.58 Å². The molecule has 1 heterocycles. The Morgan fingerprint density at radius 1 is 1.22 bits per heavy atom. The molecule has 1 aliphatic heterocycles. The Hall–Kier alpha value is -2.79. The Balaban J connectivity index is 1.71. The van der Waals surface area contributed by atoms with E-state index in [-0.39, 0.29) is 6.10 Å². The molecular formula is C22H25NO4. The van der Waals surface area contributed by atoms with Crippen LogP contribution in [-0.2, 0) is 17.8 Å². The van der Waals surface area contributed by atoms with Gasteiger partial charge in [-0.05, 0) is 29.7 Å². The van der Waals surface area contributed by atoms with Gasteiger partial charge >= 0.3 is 6.09 Å². The first-order valence-electron chi connectivity index (χ1n) is 8.99. The lowest BCUT2D eigenvalue weighted by Crippen LogP contribution is -2.46. The molecule has 0 unspecified atom stereocenters. The summed E-state index contributed by atoms with van der Waals surface area (Å²) in [6.07, 6.45) is 1.82. The van der Waals surface area contributed by atoms with Crippen molar-refractivity contribution in [2.45, 2.75) is 31.1 Å². The van der Waals surface area contributed by atoms with Crippen molar-refractivity contribution in [3.05, 3.63) is 78.4 Å². The summed E-state index contributed by atoms with van der Waals surface area (Å²) in [5.41, 5.74) is 1.45. The first kappa shape index (κ1) is 19.0. The fraction of sp³-hybridized carbons (Fsp3) is 0.318. The van der Waals surface area contributed by atoms with Crippen LogP contribution in [0.5, 0.6) is 5.75 Å². The van der Waals surface area contributed by atoms with Crippen LogP contribution in [0.15, 0.2) is 67.3 Å². The molecule has 2 aromatic carbocycles. The van der Waals surface area contributed by atoms with Gasteiger partial charge in [0.1, 0.15) is 5.75 Å². The van der Waals surface area contributed by atoms with Crippen molar-refractivity contribution in [1.82, 2.24) is 4.90 Å². The molecule has 1 saturated heterocycles. The monoisotopic (exact) mass is 367 g/mol. The van der Waals surface area contributed by atoms with Gasteiger partial charge in [-0.15, -0.1) is 6.58 Å². The van der Waals surface area contributed by atoms with E-state index in [1.165, 1.54) is 4.90 Å². The number of benzene rings is 2. The van der Waals surface area contributed by atoms with Gasteiger partial charge in [-0.1, -0.05) is 48.5 Å². The zero-order valence-corrected chi connectivity index (χ0v) is 15.5. The maximum atomic E-state index is 11.9. The van der Waals surface area contributed by atoms with Crippen LogP contribution in [-0.4, -0.2) is 41.4 Å². The number of hydrogen-bond acceptors (Lipinski definition) is 3. The second-order valence-corrected chi connectivity index (χ2v) is 6.85. The highest BCUT2D eigenvalue weighted by Gasteiger charge is 2.46. The summed E-state index contributed by atoms with van der Waals surface area (Å²) < 4.78 is 11.2. The first-order chi connectivity index (χ1) is 13.1. The van der Waals surface area contributed by atoms with Crippen LogP contribution >= 0.6 is 0 Å². The number of nitrogens with zero attached hydrogens (tertiary/aromatic N) is 1. The lowest BCUT2D eigenvalue weighted by molar-refractivity contribution is 0.0464. The standard InChI is InChI=1S/C22H25NO4/c1-3-22(13-17-7-5-4-6-8-17)14-20(15-23(22)21(24)25)27-16-18-9-11-19(26-2)12-10-18/h3-12,20H,1,13-16H2,2H3,(H,24,25)/t20-,22-/m1/s1. The number of carbonyl (C=O) groups is 1. The number of methoxy groups -OCH3 is 1. The van der Waals surface area contributed by atoms with Crippen LogP contribution in [0.4, 0.5) is 4.79 Å². The van der Waals surface area contributed by atoms with Crippen molar-refractivity contribution < 1.29 is 19.4 Å². The molecule has 142 valence electrons. The number of hydrogen-bond donors (Lipinski definition) is 1. The lowest BCUT2D eigenvalue weighted by Gasteiger charge is -2.33. The van der Waals surface area contributed by atoms with Crippen molar-refractivity contribution in [3.8, 4) is 5.75 Å². The molecule has 3 rings (SSSR count). The minimum atomic E-state index is -0.943. The van der Waals surface area contributed by atoms with Gasteiger partial charge in [0.15, 0.2) is 0 Å². The SMILES string of the molecule is C=C[C@@]1(Cc2ccccc2)C[C@@H](OCc2ccc(OC)cc2)CN1C(=O)O. The smallest absolute Gasteiger partial charge is 0.408 e. The molecule has 0 spiro atoms. The molecule has 5 heteroatoms. The predicted molar refractivity (Wildman–Crippen MR) is 104 cm³/mol. The normalized spacial score (nSPS) is 21.8. The summed E-state index contributed by atoms with van der Waals surface area (Å²) in [5, 5.41) is 9.73. The Morgan fingerprint density at radius 3 is 2.52 bits per heavy atom. The first-order valence-corrected chi connectivity index (χ1v) is 8.99. The van der Waals surface area contributed by atoms with Crippen LogP contribution in [0.25, 0.3) is 0 Å². The Kier molecular flexibility index (Phi) is 5.81. The van der Waals surface area contributed by atoms with E-state index in [0.717, 1.165) is 16.9 Å². The highest BCUT2D eigenvalue weighted by Crippen LogP contribution is 2.36. The Labute approximate surface area is 159 Å². The van der Waals surface area contributed by atoms with Crippen LogP contribution in [0.1, 0.15) is 17.5 Å². The highest BCUT2D eigenvalue weighted by molar-refractivity contribution is 5.67. The molecule has 0 aromatic heterocycles. The summed E-state index contributed by atoms with van der Waals surface area (Å²) in [6.45, 7) is 4.71. The fourth-order valence-corrected chi connectivity index (χ4v) is 3.65. The van der Waals surface area contributed by atoms with Crippen molar-refractivity contribution in [2.75, 3.05) is 13.7 Å². The average Bonchev–Trinajstić information content (AvgIpc) is 3.07. The quantitative estimate of drug-likeness (QED) is 0.748. The van der Waals surface area contributed by atoms with Crippen molar-refractivity contribution in [1.29, 1.82) is 0 Å². The fourth-order valence-electron chi connectivity index (χ4n) is 3.65. The van der Waals surface area contributed by atoms with E-state index < -0.39 is 11.6 Å². The van der Waals surface area contributed by atoms with E-state index >= 15 is 0 Å². The van der Waals surface area contributed by atoms with Crippen molar-refractivity contribution in [3.63, 3.8) is 0 Å². The molecule has 5 nitrogen and oxygen atoms in total. The molecule has 27 heavy (non-hydrogen) atoms. The van der Waals surface area contributed by atoms with Gasteiger partial charge in [0.05, 0.1) is 31.9 Å². The lowest BCUT2D eigenvalue weighted by atomic mass is 9.88. The maximum absolute atomic E-state index is 11.9. The van der Waals surface area contributed by atoms with Gasteiger partial charge in [0.2, 0.25) is 0 Å². The van der Waals surface area contributed by atoms with Crippen LogP contribution in [0.3, 0.4) is 0 Å². The molecule has 1 N–H and O–H groups in total. The molecule has 0 bridgehead atoms. The summed E-state index contributed by atoms with van der Waals surface area (Å²) in [7, 11) is 1.63. The van der Waals surface area contributed by atoms with Gasteiger partial charge in [0, 0.05) is 6.42 Å². The van der Waals surface area contributed by atoms with Gasteiger partial charge in [-0.2, -0.15) is 0 Å². The zero-order valence-electron chi connectivity index (χ0n) is 15.5. The van der Waals surface area contributed by atoms with E-state index in [1.807, 2.05) is 54.6 Å². The summed E-state index contributed by atoms with van der Waals surface area (Å²) in [6, 6.07) is 17.6. The molecule has 2 aromatic rings. The average molecular weight is 367 g/mol. The molecule has 0 radical (unpaired) electrons. The zero-order chi connectivity index (χ0) is 19.3. The molecule has 1 aliphatic rings. The number of ether oxygens (including phenoxy) is 2. The van der Waals surface area contributed by atoms with E-state index in [4.69, 9.17) is 9.47 Å². The third-order valence-electron chi connectivity index (χ3n) is 5.11. The molecular weight excluding hydrogens is 342 g/mol. The molecule has 1 amide bonds. The molecule has 1 fully saturated rings. The van der Waals surface area contributed by atoms with Crippen LogP contribution in [0.2, 0.25) is 0 Å². The van der Waals surface area contributed by atoms with E-state index in [0.29, 0.717) is 26.0 Å². The summed E-state index contributed by atoms with van der Waals surface area (Å²) >= 11 is 0. The Morgan fingerprint density at radius 2 is 1.93 bits per heavy atom. The topological polar surface area (TPSA) is 59.0 Å². The maximum Gasteiger partial charge on any atom is 0.408 e. The molecule has 0 aliphatic carbocycles. The second kappa shape index (κ2) is 8.27. The number of likely N-dealkylation sites (tertiary alicyclic amines) is 1. The minimum Gasteiger partial charge on any atom is -0.497 e. The summed E-state index contributed by atoms with van der Waals surface area (Å²) in [4.78, 5) is 13.3. The van der Waals surface area contributed by atoms with Crippen LogP contribution < -0.4 is 4.74 Å². The number of rotatable bonds is 7. The number of carboxylic acid groups (broad SMARTS) is 1. The van der Waals surface area contributed by atoms with Gasteiger partial charge in [0.25, 0.3) is 0 Å². The van der Waals surface area contributed by atoms with Gasteiger partial charge in [-0.25, -0.2) is 4.79 Å². The second-order valence-electron chi connectivity index (χ2n) is 6.85. The largest absolute Gasteiger partial charge is 0.497 e. The van der Waals surface area contributed by atoms with E-state index in [9.17, 15) is 9.90 Å². The Bertz CT molecular complexity index is 775. The highest BCUT2D eigenvalue weighted by atomic mass is 16.5. The number of amides is 1. The molecule has 2 atom stereocenters. The van der Waals surface area contributed by atoms with E-state index in [1.54, 1.807) is 13.2 Å². The van der Waals surface area contributed by atoms with Gasteiger partial charge in [-0.3, -0.25) is 4.90 Å². The minimum absolute atomic E-state index is 0.176. The third-order valence-corrected chi connectivity index (χ3v) is 5.11. The van der Waals surface area contributed by atoms with Crippen molar-refractivity contribution >= 4 is 6.09 Å². The summed E-state index contributed by atoms with van der Waals surface area (Å²) in [5.74, 6) is 0.796. The van der Waals surface area contributed by atoms with Crippen LogP contribution in [0, 0.1) is 0 Å². The van der Waals surface area contributed by atoms with Crippen molar-refractivity contribution in [2.24, 2.45) is 0 Å².